The summed E-state index contributed by atoms with van der Waals surface area (Å²) in [5.74, 6) is -0.278. The van der Waals surface area contributed by atoms with E-state index in [0.717, 1.165) is 16.8 Å². The summed E-state index contributed by atoms with van der Waals surface area (Å²) in [5, 5.41) is 4.69. The van der Waals surface area contributed by atoms with Crippen LogP contribution in [-0.2, 0) is 9.59 Å². The number of anilines is 1. The maximum atomic E-state index is 12.9. The van der Waals surface area contributed by atoms with E-state index in [2.05, 4.69) is 41.9 Å². The smallest absolute Gasteiger partial charge is 0.251 e. The van der Waals surface area contributed by atoms with Crippen LogP contribution < -0.4 is 10.7 Å². The van der Waals surface area contributed by atoms with Crippen molar-refractivity contribution in [1.29, 1.82) is 0 Å². The Labute approximate surface area is 164 Å². The van der Waals surface area contributed by atoms with Gasteiger partial charge < -0.3 is 15.2 Å². The van der Waals surface area contributed by atoms with Crippen molar-refractivity contribution in [3.63, 3.8) is 0 Å². The van der Waals surface area contributed by atoms with Crippen LogP contribution >= 0.6 is 0 Å². The molecular formula is C22H24N4O2. The molecule has 2 aromatic carbocycles. The predicted octanol–water partition coefficient (Wildman–Crippen LogP) is 2.88. The third kappa shape index (κ3) is 3.77. The highest BCUT2D eigenvalue weighted by Crippen LogP contribution is 2.30. The molecule has 2 amide bonds. The van der Waals surface area contributed by atoms with Crippen molar-refractivity contribution in [2.24, 2.45) is 0 Å². The topological polar surface area (TPSA) is 64.7 Å². The van der Waals surface area contributed by atoms with Gasteiger partial charge in [0.05, 0.1) is 6.04 Å². The Balaban J connectivity index is 1.39. The maximum absolute atomic E-state index is 12.9. The number of carbonyl (C=O) groups is 2. The molecule has 2 N–H and O–H groups in total. The van der Waals surface area contributed by atoms with E-state index in [1.165, 1.54) is 10.5 Å². The minimum absolute atomic E-state index is 0.00273. The van der Waals surface area contributed by atoms with Crippen LogP contribution in [0.5, 0.6) is 0 Å². The fourth-order valence-electron chi connectivity index (χ4n) is 3.58. The van der Waals surface area contributed by atoms with Crippen LogP contribution in [0.4, 0.5) is 5.69 Å². The van der Waals surface area contributed by atoms with E-state index in [0.29, 0.717) is 6.42 Å². The number of hydrogen-bond acceptors (Lipinski definition) is 4. The van der Waals surface area contributed by atoms with Crippen LogP contribution in [0.25, 0.3) is 0 Å². The van der Waals surface area contributed by atoms with Crippen molar-refractivity contribution in [2.75, 3.05) is 11.9 Å². The molecule has 2 heterocycles. The molecule has 6 nitrogen and oxygen atoms in total. The van der Waals surface area contributed by atoms with E-state index in [9.17, 15) is 9.59 Å². The first-order chi connectivity index (χ1) is 13.5. The second kappa shape index (κ2) is 7.48. The molecule has 1 fully saturated rings. The summed E-state index contributed by atoms with van der Waals surface area (Å²) >= 11 is 0. The zero-order chi connectivity index (χ0) is 19.7. The van der Waals surface area contributed by atoms with E-state index < -0.39 is 0 Å². The molecule has 144 valence electrons. The van der Waals surface area contributed by atoms with Gasteiger partial charge in [0, 0.05) is 18.1 Å². The Morgan fingerprint density at radius 3 is 2.36 bits per heavy atom. The van der Waals surface area contributed by atoms with Gasteiger partial charge in [-0.25, -0.2) is 5.43 Å². The van der Waals surface area contributed by atoms with Crippen molar-refractivity contribution in [2.45, 2.75) is 32.4 Å². The van der Waals surface area contributed by atoms with Crippen LogP contribution in [0, 0.1) is 13.8 Å². The maximum Gasteiger partial charge on any atom is 0.251 e. The van der Waals surface area contributed by atoms with Crippen LogP contribution in [0.3, 0.4) is 0 Å². The highest BCUT2D eigenvalue weighted by molar-refractivity contribution is 5.96. The van der Waals surface area contributed by atoms with Crippen molar-refractivity contribution in [1.82, 2.24) is 15.3 Å². The average Bonchev–Trinajstić information content (AvgIpc) is 3.12. The van der Waals surface area contributed by atoms with Gasteiger partial charge in [0.1, 0.15) is 12.6 Å². The van der Waals surface area contributed by atoms with E-state index >= 15 is 0 Å². The Morgan fingerprint density at radius 2 is 1.68 bits per heavy atom. The first kappa shape index (κ1) is 18.3. The number of amides is 2. The van der Waals surface area contributed by atoms with Gasteiger partial charge in [-0.05, 0) is 38.0 Å². The van der Waals surface area contributed by atoms with Gasteiger partial charge in [0.15, 0.2) is 0 Å². The quantitative estimate of drug-likeness (QED) is 0.861. The number of benzene rings is 2. The number of nitrogens with zero attached hydrogens (tertiary/aromatic N) is 2. The summed E-state index contributed by atoms with van der Waals surface area (Å²) in [7, 11) is 0. The van der Waals surface area contributed by atoms with Gasteiger partial charge in [-0.3, -0.25) is 9.59 Å². The van der Waals surface area contributed by atoms with E-state index in [4.69, 9.17) is 0 Å². The number of fused-ring (bicyclic) bond motifs is 1. The largest absolute Gasteiger partial charge is 0.325 e. The summed E-state index contributed by atoms with van der Waals surface area (Å²) in [6.45, 7) is 4.05. The Bertz CT molecular complexity index is 905. The van der Waals surface area contributed by atoms with Gasteiger partial charge in [-0.2, -0.15) is 0 Å². The lowest BCUT2D eigenvalue weighted by molar-refractivity contribution is -0.137. The minimum atomic E-state index is -0.302. The molecule has 2 aromatic rings. The number of hydrogen-bond donors (Lipinski definition) is 2. The molecule has 0 aromatic heterocycles. The van der Waals surface area contributed by atoms with Crippen molar-refractivity contribution < 1.29 is 9.59 Å². The van der Waals surface area contributed by atoms with Crippen LogP contribution in [-0.4, -0.2) is 34.3 Å². The molecule has 0 aliphatic carbocycles. The fraction of sp³-hybridized carbons (Fsp3) is 0.273. The molecule has 0 spiro atoms. The molecule has 0 radical (unpaired) electrons. The lowest BCUT2D eigenvalue weighted by atomic mass is 10.00. The van der Waals surface area contributed by atoms with Crippen molar-refractivity contribution in [3.05, 3.63) is 77.6 Å². The molecule has 0 bridgehead atoms. The zero-order valence-corrected chi connectivity index (χ0v) is 16.1. The number of nitrogens with one attached hydrogen (secondary N) is 2. The monoisotopic (exact) mass is 376 g/mol. The van der Waals surface area contributed by atoms with Crippen molar-refractivity contribution in [3.8, 4) is 0 Å². The highest BCUT2D eigenvalue weighted by Gasteiger charge is 2.40. The molecule has 28 heavy (non-hydrogen) atoms. The summed E-state index contributed by atoms with van der Waals surface area (Å²) in [6.07, 6.45) is 4.17. The molecule has 2 atom stereocenters. The molecule has 1 saturated heterocycles. The summed E-state index contributed by atoms with van der Waals surface area (Å²) in [5.41, 5.74) is 7.60. The standard InChI is InChI=1S/C22H24N4O2/c1-15-3-7-17(8-4-15)19-13-20-22(28)25(11-12-26(20)24-19)14-21(27)23-18-9-5-16(2)6-10-18/h3-12,19-20,24H,13-14H2,1-2H3,(H,23,27). The minimum Gasteiger partial charge on any atom is -0.325 e. The van der Waals surface area contributed by atoms with E-state index in [1.54, 1.807) is 6.20 Å². The number of aryl methyl sites for hydroxylation is 2. The SMILES string of the molecule is Cc1ccc(NC(=O)CN2C=CN3NC(c4ccc(C)cc4)CC3C2=O)cc1. The Morgan fingerprint density at radius 1 is 1.04 bits per heavy atom. The zero-order valence-electron chi connectivity index (χ0n) is 16.1. The van der Waals surface area contributed by atoms with E-state index in [1.807, 2.05) is 42.4 Å². The summed E-state index contributed by atoms with van der Waals surface area (Å²) in [4.78, 5) is 26.7. The lowest BCUT2D eigenvalue weighted by Gasteiger charge is -2.31. The lowest BCUT2D eigenvalue weighted by Crippen LogP contribution is -2.49. The van der Waals surface area contributed by atoms with Crippen LogP contribution in [0.2, 0.25) is 0 Å². The molecular weight excluding hydrogens is 352 g/mol. The first-order valence-corrected chi connectivity index (χ1v) is 9.46. The molecule has 2 aliphatic rings. The summed E-state index contributed by atoms with van der Waals surface area (Å²) < 4.78 is 0. The Hall–Kier alpha value is -3.12. The number of carbonyl (C=O) groups excluding carboxylic acids is 2. The molecule has 0 saturated carbocycles. The third-order valence-corrected chi connectivity index (χ3v) is 5.20. The molecule has 2 unspecified atom stereocenters. The first-order valence-electron chi connectivity index (χ1n) is 9.46. The van der Waals surface area contributed by atoms with Gasteiger partial charge in [0.25, 0.3) is 5.91 Å². The molecule has 6 heteroatoms. The van der Waals surface area contributed by atoms with Crippen LogP contribution in [0.1, 0.15) is 29.2 Å². The molecule has 2 aliphatic heterocycles. The van der Waals surface area contributed by atoms with Gasteiger partial charge in [0.2, 0.25) is 5.91 Å². The van der Waals surface area contributed by atoms with E-state index in [-0.39, 0.29) is 30.4 Å². The predicted molar refractivity (Wildman–Crippen MR) is 108 cm³/mol. The summed E-state index contributed by atoms with van der Waals surface area (Å²) in [6, 6.07) is 15.7. The highest BCUT2D eigenvalue weighted by atomic mass is 16.2. The fourth-order valence-corrected chi connectivity index (χ4v) is 3.58. The van der Waals surface area contributed by atoms with Gasteiger partial charge >= 0.3 is 0 Å². The molecule has 4 rings (SSSR count). The van der Waals surface area contributed by atoms with Crippen LogP contribution in [0.15, 0.2) is 60.9 Å². The second-order valence-electron chi connectivity index (χ2n) is 7.43. The third-order valence-electron chi connectivity index (χ3n) is 5.20. The second-order valence-corrected chi connectivity index (χ2v) is 7.43. The average molecular weight is 376 g/mol. The van der Waals surface area contributed by atoms with Gasteiger partial charge in [-0.1, -0.05) is 47.5 Å². The normalized spacial score (nSPS) is 21.0. The number of hydrazine groups is 1. The van der Waals surface area contributed by atoms with Crippen molar-refractivity contribution >= 4 is 17.5 Å². The van der Waals surface area contributed by atoms with Gasteiger partial charge in [-0.15, -0.1) is 0 Å². The Kier molecular flexibility index (Phi) is 4.88. The number of rotatable bonds is 4.